The van der Waals surface area contributed by atoms with Gasteiger partial charge in [-0.25, -0.2) is 0 Å². The van der Waals surface area contributed by atoms with E-state index in [2.05, 4.69) is 0 Å². The highest BCUT2D eigenvalue weighted by molar-refractivity contribution is 6.21. The molecule has 1 saturated heterocycles. The lowest BCUT2D eigenvalue weighted by Gasteiger charge is -2.27. The molecule has 1 aromatic rings. The van der Waals surface area contributed by atoms with Gasteiger partial charge in [-0.05, 0) is 18.6 Å². The summed E-state index contributed by atoms with van der Waals surface area (Å²) in [6, 6.07) is 6.67. The molecule has 0 bridgehead atoms. The van der Waals surface area contributed by atoms with Gasteiger partial charge in [-0.1, -0.05) is 32.9 Å². The fourth-order valence-corrected chi connectivity index (χ4v) is 3.15. The van der Waals surface area contributed by atoms with E-state index in [1.165, 1.54) is 4.90 Å². The number of nitrogens with zero attached hydrogens (tertiary/aromatic N) is 2. The summed E-state index contributed by atoms with van der Waals surface area (Å²) in [5, 5.41) is 0. The Morgan fingerprint density at radius 3 is 2.14 bits per heavy atom. The summed E-state index contributed by atoms with van der Waals surface area (Å²) < 4.78 is 0. The second kappa shape index (κ2) is 4.93. The van der Waals surface area contributed by atoms with Crippen LogP contribution in [0.2, 0.25) is 0 Å². The molecule has 3 rings (SSSR count). The van der Waals surface area contributed by atoms with Crippen LogP contribution in [0.25, 0.3) is 0 Å². The van der Waals surface area contributed by atoms with Crippen LogP contribution < -0.4 is 0 Å². The van der Waals surface area contributed by atoms with Gasteiger partial charge in [0.05, 0.1) is 17.2 Å². The number of imide groups is 1. The Hall–Kier alpha value is -2.17. The number of amides is 3. The molecular formula is C17H20N2O3. The average molecular weight is 300 g/mol. The van der Waals surface area contributed by atoms with E-state index in [0.717, 1.165) is 0 Å². The number of benzene rings is 1. The van der Waals surface area contributed by atoms with Crippen molar-refractivity contribution < 1.29 is 14.4 Å². The normalized spacial score (nSPS) is 21.5. The highest BCUT2D eigenvalue weighted by Gasteiger charge is 2.43. The van der Waals surface area contributed by atoms with Gasteiger partial charge < -0.3 is 4.90 Å². The van der Waals surface area contributed by atoms with Crippen molar-refractivity contribution in [1.29, 1.82) is 0 Å². The minimum absolute atomic E-state index is 0.0617. The van der Waals surface area contributed by atoms with Crippen molar-refractivity contribution in [2.45, 2.75) is 33.2 Å². The van der Waals surface area contributed by atoms with Crippen molar-refractivity contribution in [2.75, 3.05) is 13.1 Å². The summed E-state index contributed by atoms with van der Waals surface area (Å²) in [7, 11) is 0. The number of hydrogen-bond acceptors (Lipinski definition) is 3. The molecule has 2 heterocycles. The number of fused-ring (bicyclic) bond motifs is 1. The summed E-state index contributed by atoms with van der Waals surface area (Å²) in [6.07, 6.45) is 0.646. The quantitative estimate of drug-likeness (QED) is 0.745. The molecule has 0 aliphatic carbocycles. The maximum Gasteiger partial charge on any atom is 0.261 e. The molecule has 1 aromatic carbocycles. The van der Waals surface area contributed by atoms with Gasteiger partial charge in [-0.3, -0.25) is 19.3 Å². The first-order chi connectivity index (χ1) is 10.3. The van der Waals surface area contributed by atoms with E-state index in [4.69, 9.17) is 0 Å². The minimum atomic E-state index is -0.448. The van der Waals surface area contributed by atoms with Crippen LogP contribution in [0.5, 0.6) is 0 Å². The van der Waals surface area contributed by atoms with Crippen LogP contribution in [-0.2, 0) is 4.79 Å². The second-order valence-corrected chi connectivity index (χ2v) is 6.97. The fraction of sp³-hybridized carbons (Fsp3) is 0.471. The van der Waals surface area contributed by atoms with Crippen molar-refractivity contribution in [3.05, 3.63) is 35.4 Å². The van der Waals surface area contributed by atoms with Crippen LogP contribution >= 0.6 is 0 Å². The summed E-state index contributed by atoms with van der Waals surface area (Å²) in [6.45, 7) is 6.66. The molecule has 2 aliphatic heterocycles. The Balaban J connectivity index is 1.79. The molecule has 116 valence electrons. The first-order valence-electron chi connectivity index (χ1n) is 7.57. The third kappa shape index (κ3) is 2.21. The van der Waals surface area contributed by atoms with E-state index in [-0.39, 0.29) is 23.8 Å². The van der Waals surface area contributed by atoms with Gasteiger partial charge in [0.1, 0.15) is 0 Å². The SMILES string of the molecule is CC(C)(C)C(=O)N1CCC(N2C(=O)c3ccccc3C2=O)C1. The van der Waals surface area contributed by atoms with E-state index in [1.807, 2.05) is 20.8 Å². The zero-order chi connectivity index (χ0) is 16.1. The van der Waals surface area contributed by atoms with Crippen LogP contribution in [0.3, 0.4) is 0 Å². The van der Waals surface area contributed by atoms with Gasteiger partial charge in [0.2, 0.25) is 5.91 Å². The highest BCUT2D eigenvalue weighted by Crippen LogP contribution is 2.29. The lowest BCUT2D eigenvalue weighted by atomic mass is 9.95. The zero-order valence-electron chi connectivity index (χ0n) is 13.1. The van der Waals surface area contributed by atoms with Crippen molar-refractivity contribution >= 4 is 17.7 Å². The predicted octanol–water partition coefficient (Wildman–Crippen LogP) is 1.93. The standard InChI is InChI=1S/C17H20N2O3/c1-17(2,3)16(22)18-9-8-11(10-18)19-14(20)12-6-4-5-7-13(12)15(19)21/h4-7,11H,8-10H2,1-3H3. The zero-order valence-corrected chi connectivity index (χ0v) is 13.1. The molecule has 1 fully saturated rings. The maximum absolute atomic E-state index is 12.5. The van der Waals surface area contributed by atoms with Gasteiger partial charge in [0, 0.05) is 18.5 Å². The third-order valence-corrected chi connectivity index (χ3v) is 4.28. The van der Waals surface area contributed by atoms with Gasteiger partial charge in [-0.2, -0.15) is 0 Å². The lowest BCUT2D eigenvalue weighted by Crippen LogP contribution is -2.44. The molecule has 0 radical (unpaired) electrons. The fourth-order valence-electron chi connectivity index (χ4n) is 3.15. The van der Waals surface area contributed by atoms with Crippen LogP contribution in [-0.4, -0.2) is 46.7 Å². The number of carbonyl (C=O) groups is 3. The van der Waals surface area contributed by atoms with Crippen LogP contribution in [0, 0.1) is 5.41 Å². The van der Waals surface area contributed by atoms with E-state index in [9.17, 15) is 14.4 Å². The van der Waals surface area contributed by atoms with Crippen molar-refractivity contribution in [3.8, 4) is 0 Å². The molecule has 1 unspecified atom stereocenters. The summed E-state index contributed by atoms with van der Waals surface area (Å²) >= 11 is 0. The molecule has 5 heteroatoms. The molecule has 3 amide bonds. The molecule has 5 nitrogen and oxygen atoms in total. The Kier molecular flexibility index (Phi) is 3.31. The maximum atomic E-state index is 12.5. The Labute approximate surface area is 129 Å². The Bertz CT molecular complexity index is 625. The summed E-state index contributed by atoms with van der Waals surface area (Å²) in [5.74, 6) is -0.419. The van der Waals surface area contributed by atoms with Crippen molar-refractivity contribution in [2.24, 2.45) is 5.41 Å². The molecule has 22 heavy (non-hydrogen) atoms. The van der Waals surface area contributed by atoms with Gasteiger partial charge in [0.15, 0.2) is 0 Å². The van der Waals surface area contributed by atoms with Gasteiger partial charge >= 0.3 is 0 Å². The number of likely N-dealkylation sites (tertiary alicyclic amines) is 1. The monoisotopic (exact) mass is 300 g/mol. The number of hydrogen-bond donors (Lipinski definition) is 0. The lowest BCUT2D eigenvalue weighted by molar-refractivity contribution is -0.138. The van der Waals surface area contributed by atoms with Crippen LogP contribution in [0.15, 0.2) is 24.3 Å². The van der Waals surface area contributed by atoms with E-state index >= 15 is 0 Å². The molecule has 0 N–H and O–H groups in total. The minimum Gasteiger partial charge on any atom is -0.340 e. The molecule has 0 spiro atoms. The predicted molar refractivity (Wildman–Crippen MR) is 81.4 cm³/mol. The van der Waals surface area contributed by atoms with Crippen LogP contribution in [0.1, 0.15) is 47.9 Å². The molecule has 0 saturated carbocycles. The molecular weight excluding hydrogens is 280 g/mol. The summed E-state index contributed by atoms with van der Waals surface area (Å²) in [4.78, 5) is 40.4. The average Bonchev–Trinajstić information content (AvgIpc) is 3.02. The number of rotatable bonds is 1. The number of carbonyl (C=O) groups excluding carboxylic acids is 3. The molecule has 0 aromatic heterocycles. The van der Waals surface area contributed by atoms with Gasteiger partial charge in [-0.15, -0.1) is 0 Å². The van der Waals surface area contributed by atoms with Gasteiger partial charge in [0.25, 0.3) is 11.8 Å². The third-order valence-electron chi connectivity index (χ3n) is 4.28. The van der Waals surface area contributed by atoms with Crippen molar-refractivity contribution in [1.82, 2.24) is 9.80 Å². The molecule has 2 aliphatic rings. The largest absolute Gasteiger partial charge is 0.340 e. The Morgan fingerprint density at radius 2 is 1.64 bits per heavy atom. The van der Waals surface area contributed by atoms with E-state index in [0.29, 0.717) is 30.6 Å². The summed E-state index contributed by atoms with van der Waals surface area (Å²) in [5.41, 5.74) is 0.484. The van der Waals surface area contributed by atoms with E-state index < -0.39 is 5.41 Å². The first kappa shape index (κ1) is 14.8. The first-order valence-corrected chi connectivity index (χ1v) is 7.57. The Morgan fingerprint density at radius 1 is 1.09 bits per heavy atom. The highest BCUT2D eigenvalue weighted by atomic mass is 16.2. The molecule has 1 atom stereocenters. The van der Waals surface area contributed by atoms with Crippen LogP contribution in [0.4, 0.5) is 0 Å². The van der Waals surface area contributed by atoms with E-state index in [1.54, 1.807) is 29.2 Å². The topological polar surface area (TPSA) is 57.7 Å². The van der Waals surface area contributed by atoms with Crippen molar-refractivity contribution in [3.63, 3.8) is 0 Å². The second-order valence-electron chi connectivity index (χ2n) is 6.97. The smallest absolute Gasteiger partial charge is 0.261 e.